The first kappa shape index (κ1) is 9.45. The summed E-state index contributed by atoms with van der Waals surface area (Å²) in [5, 5.41) is 0. The Morgan fingerprint density at radius 3 is 2.50 bits per heavy atom. The van der Waals surface area contributed by atoms with Gasteiger partial charge in [0.15, 0.2) is 5.92 Å². The molecule has 1 unspecified atom stereocenters. The van der Waals surface area contributed by atoms with Crippen molar-refractivity contribution in [2.24, 2.45) is 5.92 Å². The molecule has 0 N–H and O–H groups in total. The minimum absolute atomic E-state index is 0.226. The molecular formula is C11H12O5. The monoisotopic (exact) mass is 225 g/mol. The lowest BCUT2D eigenvalue weighted by Crippen LogP contribution is -2.46. The van der Waals surface area contributed by atoms with Crippen LogP contribution in [-0.2, 0) is 25.5 Å². The van der Waals surface area contributed by atoms with Gasteiger partial charge in [-0.15, -0.1) is 0 Å². The van der Waals surface area contributed by atoms with E-state index in [1.165, 1.54) is 26.2 Å². The van der Waals surface area contributed by atoms with Crippen LogP contribution in [0.25, 0.3) is 0 Å². The van der Waals surface area contributed by atoms with Crippen LogP contribution < -0.4 is 0 Å². The highest BCUT2D eigenvalue weighted by molar-refractivity contribution is 5.96. The molecule has 0 radical (unpaired) electrons. The van der Waals surface area contributed by atoms with Crippen LogP contribution in [-0.4, -0.2) is 17.7 Å². The maximum atomic E-state index is 11.7. The van der Waals surface area contributed by atoms with Gasteiger partial charge in [-0.1, -0.05) is 0 Å². The normalized spacial score (nSPS) is 23.2. The van der Waals surface area contributed by atoms with Gasteiger partial charge in [-0.3, -0.25) is 9.59 Å². The van der Waals surface area contributed by atoms with E-state index in [4.69, 9.17) is 15.3 Å². The van der Waals surface area contributed by atoms with Crippen molar-refractivity contribution in [2.45, 2.75) is 26.0 Å². The smallest absolute Gasteiger partial charge is 0.324 e. The molecule has 16 heavy (non-hydrogen) atoms. The molecule has 5 nitrogen and oxygen atoms in total. The third kappa shape index (κ3) is 2.08. The molecule has 1 aliphatic rings. The molecule has 1 aromatic heterocycles. The lowest BCUT2D eigenvalue weighted by atomic mass is 10.0. The number of rotatable bonds is 2. The zero-order chi connectivity index (χ0) is 12.6. The number of hydrogen-bond donors (Lipinski definition) is 0. The van der Waals surface area contributed by atoms with Gasteiger partial charge < -0.3 is 13.9 Å². The van der Waals surface area contributed by atoms with E-state index in [1.807, 2.05) is 0 Å². The SMILES string of the molecule is [2H]C(c1ccco1)C1C(=O)OC(C)(C)OC1=O. The van der Waals surface area contributed by atoms with Gasteiger partial charge in [-0.25, -0.2) is 0 Å². The molecule has 0 saturated carbocycles. The van der Waals surface area contributed by atoms with Crippen LogP contribution in [0.1, 0.15) is 21.0 Å². The van der Waals surface area contributed by atoms with Crippen molar-refractivity contribution in [1.82, 2.24) is 0 Å². The number of esters is 2. The van der Waals surface area contributed by atoms with Crippen LogP contribution in [0.5, 0.6) is 0 Å². The van der Waals surface area contributed by atoms with Gasteiger partial charge in [-0.2, -0.15) is 0 Å². The second-order valence-corrected chi connectivity index (χ2v) is 3.90. The summed E-state index contributed by atoms with van der Waals surface area (Å²) >= 11 is 0. The van der Waals surface area contributed by atoms with Crippen molar-refractivity contribution >= 4 is 11.9 Å². The summed E-state index contributed by atoms with van der Waals surface area (Å²) in [6.07, 6.45) is 0.224. The van der Waals surface area contributed by atoms with Crippen LogP contribution >= 0.6 is 0 Å². The molecule has 1 aromatic rings. The minimum Gasteiger partial charge on any atom is -0.469 e. The predicted molar refractivity (Wildman–Crippen MR) is 52.2 cm³/mol. The molecule has 0 bridgehead atoms. The Balaban J connectivity index is 2.22. The summed E-state index contributed by atoms with van der Waals surface area (Å²) in [4.78, 5) is 23.3. The Kier molecular flexibility index (Phi) is 2.16. The van der Waals surface area contributed by atoms with E-state index in [0.29, 0.717) is 0 Å². The number of cyclic esters (lactones) is 2. The lowest BCUT2D eigenvalue weighted by molar-refractivity contribution is -0.239. The molecule has 1 aliphatic heterocycles. The summed E-state index contributed by atoms with van der Waals surface area (Å²) in [6.45, 7) is 2.93. The Morgan fingerprint density at radius 1 is 1.38 bits per heavy atom. The maximum Gasteiger partial charge on any atom is 0.324 e. The highest BCUT2D eigenvalue weighted by atomic mass is 16.7. The molecule has 0 spiro atoms. The Hall–Kier alpha value is -1.78. The molecule has 1 fully saturated rings. The van der Waals surface area contributed by atoms with Crippen molar-refractivity contribution in [3.63, 3.8) is 0 Å². The first-order chi connectivity index (χ1) is 7.91. The number of ether oxygens (including phenoxy) is 2. The molecule has 86 valence electrons. The molecule has 1 atom stereocenters. The average molecular weight is 225 g/mol. The largest absolute Gasteiger partial charge is 0.469 e. The van der Waals surface area contributed by atoms with Crippen molar-refractivity contribution < 1.29 is 24.9 Å². The standard InChI is InChI=1S/C11H12O5/c1-11(2)15-9(12)8(10(13)16-11)6-7-4-3-5-14-7/h3-5,8H,6H2,1-2H3/i6D. The van der Waals surface area contributed by atoms with Gasteiger partial charge in [-0.05, 0) is 12.1 Å². The molecular weight excluding hydrogens is 212 g/mol. The minimum atomic E-state index is -1.30. The van der Waals surface area contributed by atoms with Gasteiger partial charge in [0.1, 0.15) is 5.76 Å². The first-order valence-electron chi connectivity index (χ1n) is 5.40. The van der Waals surface area contributed by atoms with E-state index < -0.39 is 30.0 Å². The summed E-state index contributed by atoms with van der Waals surface area (Å²) in [6, 6.07) is 3.11. The van der Waals surface area contributed by atoms with Gasteiger partial charge in [0.05, 0.1) is 6.26 Å². The zero-order valence-electron chi connectivity index (χ0n) is 9.93. The second-order valence-electron chi connectivity index (χ2n) is 3.90. The van der Waals surface area contributed by atoms with Gasteiger partial charge in [0, 0.05) is 21.6 Å². The topological polar surface area (TPSA) is 65.7 Å². The molecule has 0 amide bonds. The Labute approximate surface area is 93.7 Å². The molecule has 1 saturated heterocycles. The quantitative estimate of drug-likeness (QED) is 0.560. The Bertz CT molecular complexity index is 417. The van der Waals surface area contributed by atoms with Crippen molar-refractivity contribution in [3.05, 3.63) is 24.2 Å². The maximum absolute atomic E-state index is 11.7. The fraction of sp³-hybridized carbons (Fsp3) is 0.455. The van der Waals surface area contributed by atoms with Gasteiger partial charge >= 0.3 is 11.9 Å². The summed E-state index contributed by atoms with van der Waals surface area (Å²) in [5.74, 6) is -3.86. The van der Waals surface area contributed by atoms with Crippen molar-refractivity contribution in [1.29, 1.82) is 0 Å². The predicted octanol–water partition coefficient (Wildman–Crippen LogP) is 1.27. The Morgan fingerprint density at radius 2 is 2.00 bits per heavy atom. The van der Waals surface area contributed by atoms with E-state index >= 15 is 0 Å². The third-order valence-corrected chi connectivity index (χ3v) is 2.07. The summed E-state index contributed by atoms with van der Waals surface area (Å²) in [5.41, 5.74) is 0. The molecule has 2 rings (SSSR count). The zero-order valence-corrected chi connectivity index (χ0v) is 8.93. The van der Waals surface area contributed by atoms with E-state index in [2.05, 4.69) is 0 Å². The van der Waals surface area contributed by atoms with E-state index in [9.17, 15) is 9.59 Å². The number of carbonyl (C=O) groups is 2. The second kappa shape index (κ2) is 3.66. The fourth-order valence-corrected chi connectivity index (χ4v) is 1.41. The van der Waals surface area contributed by atoms with Crippen LogP contribution in [0.4, 0.5) is 0 Å². The highest BCUT2D eigenvalue weighted by Crippen LogP contribution is 2.25. The summed E-state index contributed by atoms with van der Waals surface area (Å²) in [7, 11) is 0. The highest BCUT2D eigenvalue weighted by Gasteiger charge is 2.43. The lowest BCUT2D eigenvalue weighted by Gasteiger charge is -2.32. The fourth-order valence-electron chi connectivity index (χ4n) is 1.41. The van der Waals surface area contributed by atoms with Gasteiger partial charge in [0.25, 0.3) is 5.79 Å². The van der Waals surface area contributed by atoms with Crippen LogP contribution in [0.2, 0.25) is 0 Å². The van der Waals surface area contributed by atoms with Crippen LogP contribution in [0.3, 0.4) is 0 Å². The first-order valence-corrected chi connectivity index (χ1v) is 4.82. The summed E-state index contributed by atoms with van der Waals surface area (Å²) < 4.78 is 22.7. The molecule has 0 aliphatic carbocycles. The van der Waals surface area contributed by atoms with Crippen molar-refractivity contribution in [2.75, 3.05) is 0 Å². The van der Waals surface area contributed by atoms with Crippen LogP contribution in [0.15, 0.2) is 22.8 Å². The average Bonchev–Trinajstić information content (AvgIpc) is 2.66. The number of furan rings is 1. The molecule has 0 aromatic carbocycles. The van der Waals surface area contributed by atoms with E-state index in [-0.39, 0.29) is 5.76 Å². The third-order valence-electron chi connectivity index (χ3n) is 2.07. The van der Waals surface area contributed by atoms with Gasteiger partial charge in [0.2, 0.25) is 0 Å². The van der Waals surface area contributed by atoms with E-state index in [0.717, 1.165) is 0 Å². The van der Waals surface area contributed by atoms with Crippen molar-refractivity contribution in [3.8, 4) is 0 Å². The van der Waals surface area contributed by atoms with Crippen LogP contribution in [0, 0.1) is 5.92 Å². The van der Waals surface area contributed by atoms with E-state index in [1.54, 1.807) is 6.07 Å². The molecule has 2 heterocycles. The number of carbonyl (C=O) groups excluding carboxylic acids is 2. The number of hydrogen-bond acceptors (Lipinski definition) is 5. The molecule has 5 heteroatoms.